The predicted molar refractivity (Wildman–Crippen MR) is 121 cm³/mol. The highest BCUT2D eigenvalue weighted by Gasteiger charge is 2.18. The number of ether oxygens (including phenoxy) is 1. The maximum absolute atomic E-state index is 13.5. The van der Waals surface area contributed by atoms with Gasteiger partial charge in [0, 0.05) is 11.1 Å². The first-order chi connectivity index (χ1) is 15.4. The van der Waals surface area contributed by atoms with Gasteiger partial charge in [-0.1, -0.05) is 36.4 Å². The topological polar surface area (TPSA) is 64.3 Å². The molecule has 6 heteroatoms. The van der Waals surface area contributed by atoms with Crippen LogP contribution in [-0.4, -0.2) is 27.5 Å². The molecule has 4 rings (SSSR count). The van der Waals surface area contributed by atoms with Crippen molar-refractivity contribution < 1.29 is 19.0 Å². The summed E-state index contributed by atoms with van der Waals surface area (Å²) in [6.07, 6.45) is 0. The van der Waals surface area contributed by atoms with Gasteiger partial charge >= 0.3 is 5.97 Å². The summed E-state index contributed by atoms with van der Waals surface area (Å²) >= 11 is 0. The largest absolute Gasteiger partial charge is 0.481 e. The third-order valence-electron chi connectivity index (χ3n) is 5.13. The van der Waals surface area contributed by atoms with Crippen LogP contribution in [0.25, 0.3) is 22.5 Å². The Morgan fingerprint density at radius 3 is 2.44 bits per heavy atom. The third kappa shape index (κ3) is 4.70. The molecule has 32 heavy (non-hydrogen) atoms. The van der Waals surface area contributed by atoms with Crippen molar-refractivity contribution in [2.75, 3.05) is 6.61 Å². The van der Waals surface area contributed by atoms with E-state index in [1.807, 2.05) is 67.1 Å². The zero-order valence-corrected chi connectivity index (χ0v) is 17.9. The summed E-state index contributed by atoms with van der Waals surface area (Å²) in [6, 6.07) is 22.1. The summed E-state index contributed by atoms with van der Waals surface area (Å²) < 4.78 is 21.0. The van der Waals surface area contributed by atoms with E-state index < -0.39 is 12.6 Å². The van der Waals surface area contributed by atoms with E-state index in [-0.39, 0.29) is 5.82 Å². The molecule has 0 fully saturated rings. The highest BCUT2D eigenvalue weighted by molar-refractivity contribution is 5.75. The van der Waals surface area contributed by atoms with E-state index in [1.54, 1.807) is 12.1 Å². The highest BCUT2D eigenvalue weighted by atomic mass is 19.1. The van der Waals surface area contributed by atoms with Gasteiger partial charge in [-0.25, -0.2) is 9.18 Å². The summed E-state index contributed by atoms with van der Waals surface area (Å²) in [5, 5.41) is 13.9. The van der Waals surface area contributed by atoms with Crippen LogP contribution in [0.1, 0.15) is 16.7 Å². The Labute approximate surface area is 185 Å². The number of hydrogen-bond acceptors (Lipinski definition) is 3. The molecule has 0 aliphatic rings. The second-order valence-electron chi connectivity index (χ2n) is 7.71. The predicted octanol–water partition coefficient (Wildman–Crippen LogP) is 5.48. The average molecular weight is 430 g/mol. The van der Waals surface area contributed by atoms with Crippen molar-refractivity contribution in [2.45, 2.75) is 20.4 Å². The molecule has 0 bridgehead atoms. The quantitative estimate of drug-likeness (QED) is 0.421. The van der Waals surface area contributed by atoms with E-state index >= 15 is 0 Å². The normalized spacial score (nSPS) is 10.8. The Morgan fingerprint density at radius 2 is 1.75 bits per heavy atom. The molecule has 1 N–H and O–H groups in total. The van der Waals surface area contributed by atoms with E-state index in [1.165, 1.54) is 12.1 Å². The molecule has 4 aromatic rings. The number of rotatable bonds is 7. The molecule has 5 nitrogen and oxygen atoms in total. The van der Waals surface area contributed by atoms with E-state index in [9.17, 15) is 9.18 Å². The summed E-state index contributed by atoms with van der Waals surface area (Å²) in [5.41, 5.74) is 5.97. The molecule has 0 saturated heterocycles. The van der Waals surface area contributed by atoms with Crippen molar-refractivity contribution >= 4 is 5.97 Å². The average Bonchev–Trinajstić information content (AvgIpc) is 3.17. The highest BCUT2D eigenvalue weighted by Crippen LogP contribution is 2.36. The minimum Gasteiger partial charge on any atom is -0.481 e. The number of benzene rings is 3. The fourth-order valence-corrected chi connectivity index (χ4v) is 3.75. The summed E-state index contributed by atoms with van der Waals surface area (Å²) in [6.45, 7) is 3.95. The number of hydrogen-bond donors (Lipinski definition) is 1. The van der Waals surface area contributed by atoms with Gasteiger partial charge in [0.1, 0.15) is 11.6 Å². The Morgan fingerprint density at radius 1 is 1.03 bits per heavy atom. The number of aryl methyl sites for hydroxylation is 2. The number of halogens is 1. The summed E-state index contributed by atoms with van der Waals surface area (Å²) in [7, 11) is 0. The van der Waals surface area contributed by atoms with E-state index in [0.29, 0.717) is 18.0 Å². The van der Waals surface area contributed by atoms with Crippen LogP contribution in [-0.2, 0) is 11.3 Å². The van der Waals surface area contributed by atoms with Gasteiger partial charge in [-0.05, 0) is 66.9 Å². The van der Waals surface area contributed by atoms with E-state index in [0.717, 1.165) is 33.5 Å². The zero-order chi connectivity index (χ0) is 22.7. The molecule has 1 aromatic heterocycles. The van der Waals surface area contributed by atoms with Crippen LogP contribution in [0.4, 0.5) is 4.39 Å². The van der Waals surface area contributed by atoms with Gasteiger partial charge in [-0.3, -0.25) is 4.68 Å². The first-order valence-electron chi connectivity index (χ1n) is 10.2. The van der Waals surface area contributed by atoms with Gasteiger partial charge < -0.3 is 9.84 Å². The van der Waals surface area contributed by atoms with Crippen molar-refractivity contribution in [3.05, 3.63) is 95.3 Å². The second kappa shape index (κ2) is 9.06. The molecular formula is C26H23FN2O3. The molecule has 1 heterocycles. The van der Waals surface area contributed by atoms with Crippen molar-refractivity contribution in [1.82, 2.24) is 9.78 Å². The lowest BCUT2D eigenvalue weighted by atomic mass is 10.0. The maximum atomic E-state index is 13.5. The van der Waals surface area contributed by atoms with Gasteiger partial charge in [0.05, 0.1) is 17.9 Å². The Hall–Kier alpha value is -3.93. The molecule has 3 aromatic carbocycles. The lowest BCUT2D eigenvalue weighted by Gasteiger charge is -2.13. The summed E-state index contributed by atoms with van der Waals surface area (Å²) in [5.74, 6) is -0.854. The van der Waals surface area contributed by atoms with Crippen LogP contribution in [0, 0.1) is 19.7 Å². The van der Waals surface area contributed by atoms with Crippen LogP contribution in [0.5, 0.6) is 5.75 Å². The molecule has 0 aliphatic heterocycles. The molecule has 0 aliphatic carbocycles. The number of carboxylic acids is 1. The van der Waals surface area contributed by atoms with Crippen LogP contribution < -0.4 is 4.74 Å². The number of aliphatic carboxylic acids is 1. The van der Waals surface area contributed by atoms with Crippen LogP contribution in [0.15, 0.2) is 72.8 Å². The summed E-state index contributed by atoms with van der Waals surface area (Å²) in [4.78, 5) is 11.1. The van der Waals surface area contributed by atoms with Crippen molar-refractivity contribution in [3.63, 3.8) is 0 Å². The van der Waals surface area contributed by atoms with Crippen molar-refractivity contribution in [2.24, 2.45) is 0 Å². The van der Waals surface area contributed by atoms with Crippen LogP contribution >= 0.6 is 0 Å². The lowest BCUT2D eigenvalue weighted by molar-refractivity contribution is -0.139. The molecule has 162 valence electrons. The molecule has 0 saturated carbocycles. The zero-order valence-electron chi connectivity index (χ0n) is 17.9. The molecule has 0 amide bonds. The lowest BCUT2D eigenvalue weighted by Crippen LogP contribution is -2.11. The fraction of sp³-hybridized carbons (Fsp3) is 0.154. The number of nitrogens with zero attached hydrogens (tertiary/aromatic N) is 2. The molecular weight excluding hydrogens is 407 g/mol. The first kappa shape index (κ1) is 21.3. The fourth-order valence-electron chi connectivity index (χ4n) is 3.75. The second-order valence-corrected chi connectivity index (χ2v) is 7.71. The first-order valence-corrected chi connectivity index (χ1v) is 10.2. The Bertz CT molecular complexity index is 1250. The minimum atomic E-state index is -1.04. The number of carboxylic acid groups (broad SMARTS) is 1. The maximum Gasteiger partial charge on any atom is 0.341 e. The van der Waals surface area contributed by atoms with E-state index in [2.05, 4.69) is 0 Å². The van der Waals surface area contributed by atoms with Crippen LogP contribution in [0.3, 0.4) is 0 Å². The Kier molecular flexibility index (Phi) is 6.03. The SMILES string of the molecule is Cc1cc(C)c(OCC(=O)O)c(-c2cc(-c3ccc(F)cc3)n(Cc3ccccc3)n2)c1. The van der Waals surface area contributed by atoms with E-state index in [4.69, 9.17) is 14.9 Å². The van der Waals surface area contributed by atoms with Gasteiger partial charge in [0.2, 0.25) is 0 Å². The molecule has 0 radical (unpaired) electrons. The smallest absolute Gasteiger partial charge is 0.341 e. The third-order valence-corrected chi connectivity index (χ3v) is 5.13. The Balaban J connectivity index is 1.84. The number of carbonyl (C=O) groups is 1. The van der Waals surface area contributed by atoms with Gasteiger partial charge in [0.25, 0.3) is 0 Å². The van der Waals surface area contributed by atoms with Crippen LogP contribution in [0.2, 0.25) is 0 Å². The van der Waals surface area contributed by atoms with Crippen molar-refractivity contribution in [3.8, 4) is 28.3 Å². The number of aromatic nitrogens is 2. The molecule has 0 atom stereocenters. The molecule has 0 spiro atoms. The van der Waals surface area contributed by atoms with Crippen molar-refractivity contribution in [1.29, 1.82) is 0 Å². The molecule has 0 unspecified atom stereocenters. The standard InChI is InChI=1S/C26H23FN2O3/c1-17-12-18(2)26(32-16-25(30)31)22(13-17)23-14-24(20-8-10-21(27)11-9-20)29(28-23)15-19-6-4-3-5-7-19/h3-14H,15-16H2,1-2H3,(H,30,31). The monoisotopic (exact) mass is 430 g/mol. The minimum absolute atomic E-state index is 0.304. The van der Waals surface area contributed by atoms with Gasteiger partial charge in [0.15, 0.2) is 6.61 Å². The van der Waals surface area contributed by atoms with Gasteiger partial charge in [-0.2, -0.15) is 5.10 Å². The van der Waals surface area contributed by atoms with Gasteiger partial charge in [-0.15, -0.1) is 0 Å².